The first-order valence-electron chi connectivity index (χ1n) is 6.13. The Morgan fingerprint density at radius 3 is 2.37 bits per heavy atom. The molecule has 0 aromatic rings. The second-order valence-electron chi connectivity index (χ2n) is 5.31. The number of nitrogens with one attached hydrogen (secondary N) is 1. The number of urea groups is 1. The maximum Gasteiger partial charge on any atom is 0.317 e. The molecule has 0 atom stereocenters. The number of aliphatic carboxylic acids is 1. The number of carbonyl (C=O) groups is 2. The third kappa shape index (κ3) is 9.21. The maximum atomic E-state index is 12.1. The fourth-order valence-electron chi connectivity index (χ4n) is 1.50. The van der Waals surface area contributed by atoms with Gasteiger partial charge in [-0.2, -0.15) is 0 Å². The zero-order chi connectivity index (χ0) is 15.1. The predicted molar refractivity (Wildman–Crippen MR) is 67.3 cm³/mol. The molecule has 0 saturated carbocycles. The standard InChI is InChI=1S/C12H22F2N2O3/c1-12(2,5-4-10(17)18)6-7-15-11(19)16(3)8-9(13)14/h9H,4-8H2,1-3H3,(H,15,19)(H,17,18). The summed E-state index contributed by atoms with van der Waals surface area (Å²) in [4.78, 5) is 22.8. The van der Waals surface area contributed by atoms with E-state index >= 15 is 0 Å². The number of alkyl halides is 2. The van der Waals surface area contributed by atoms with Crippen LogP contribution in [0, 0.1) is 5.41 Å². The van der Waals surface area contributed by atoms with Gasteiger partial charge in [-0.15, -0.1) is 0 Å². The number of rotatable bonds is 8. The predicted octanol–water partition coefficient (Wildman–Crippen LogP) is 2.17. The van der Waals surface area contributed by atoms with Crippen molar-refractivity contribution in [1.29, 1.82) is 0 Å². The van der Waals surface area contributed by atoms with Crippen molar-refractivity contribution in [2.24, 2.45) is 5.41 Å². The zero-order valence-corrected chi connectivity index (χ0v) is 11.6. The van der Waals surface area contributed by atoms with E-state index in [-0.39, 0.29) is 11.8 Å². The van der Waals surface area contributed by atoms with Crippen LogP contribution >= 0.6 is 0 Å². The average molecular weight is 280 g/mol. The molecule has 0 radical (unpaired) electrons. The molecule has 0 rings (SSSR count). The van der Waals surface area contributed by atoms with Gasteiger partial charge in [0, 0.05) is 20.0 Å². The zero-order valence-electron chi connectivity index (χ0n) is 11.6. The lowest BCUT2D eigenvalue weighted by atomic mass is 9.84. The number of carboxylic acids is 1. The van der Waals surface area contributed by atoms with Gasteiger partial charge in [0.2, 0.25) is 0 Å². The highest BCUT2D eigenvalue weighted by atomic mass is 19.3. The summed E-state index contributed by atoms with van der Waals surface area (Å²) in [6, 6.07) is -0.547. The number of carboxylic acid groups (broad SMARTS) is 1. The van der Waals surface area contributed by atoms with Crippen molar-refractivity contribution in [3.05, 3.63) is 0 Å². The van der Waals surface area contributed by atoms with Crippen LogP contribution in [-0.4, -0.2) is 48.6 Å². The normalized spacial score (nSPS) is 11.5. The fraction of sp³-hybridized carbons (Fsp3) is 0.833. The molecule has 0 bridgehead atoms. The molecule has 19 heavy (non-hydrogen) atoms. The van der Waals surface area contributed by atoms with Crippen LogP contribution < -0.4 is 5.32 Å². The smallest absolute Gasteiger partial charge is 0.317 e. The molecule has 0 aliphatic heterocycles. The summed E-state index contributed by atoms with van der Waals surface area (Å²) in [7, 11) is 1.30. The van der Waals surface area contributed by atoms with Crippen LogP contribution in [0.5, 0.6) is 0 Å². The topological polar surface area (TPSA) is 69.6 Å². The van der Waals surface area contributed by atoms with Gasteiger partial charge in [-0.3, -0.25) is 4.79 Å². The molecule has 2 N–H and O–H groups in total. The quantitative estimate of drug-likeness (QED) is 0.716. The second-order valence-corrected chi connectivity index (χ2v) is 5.31. The molecule has 112 valence electrons. The lowest BCUT2D eigenvalue weighted by Crippen LogP contribution is -2.40. The van der Waals surface area contributed by atoms with Crippen molar-refractivity contribution < 1.29 is 23.5 Å². The highest BCUT2D eigenvalue weighted by molar-refractivity contribution is 5.73. The molecule has 0 unspecified atom stereocenters. The van der Waals surface area contributed by atoms with E-state index in [2.05, 4.69) is 5.32 Å². The molecular weight excluding hydrogens is 258 g/mol. The molecule has 0 aliphatic carbocycles. The largest absolute Gasteiger partial charge is 0.481 e. The van der Waals surface area contributed by atoms with Gasteiger partial charge in [0.1, 0.15) is 0 Å². The van der Waals surface area contributed by atoms with Crippen molar-refractivity contribution >= 4 is 12.0 Å². The Hall–Kier alpha value is -1.40. The maximum absolute atomic E-state index is 12.1. The van der Waals surface area contributed by atoms with E-state index in [9.17, 15) is 18.4 Å². The van der Waals surface area contributed by atoms with E-state index in [1.165, 1.54) is 7.05 Å². The number of hydrogen-bond donors (Lipinski definition) is 2. The summed E-state index contributed by atoms with van der Waals surface area (Å²) in [5.41, 5.74) is -0.215. The van der Waals surface area contributed by atoms with Crippen molar-refractivity contribution in [2.45, 2.75) is 39.5 Å². The molecular formula is C12H22F2N2O3. The number of nitrogens with zero attached hydrogens (tertiary/aromatic N) is 1. The van der Waals surface area contributed by atoms with Crippen LogP contribution in [0.2, 0.25) is 0 Å². The van der Waals surface area contributed by atoms with Gasteiger partial charge in [-0.1, -0.05) is 13.8 Å². The first kappa shape index (κ1) is 17.6. The number of amides is 2. The molecule has 0 heterocycles. The Bertz CT molecular complexity index is 309. The van der Waals surface area contributed by atoms with Gasteiger partial charge in [-0.05, 0) is 18.3 Å². The Labute approximate surface area is 112 Å². The lowest BCUT2D eigenvalue weighted by Gasteiger charge is -2.25. The average Bonchev–Trinajstić information content (AvgIpc) is 2.25. The summed E-state index contributed by atoms with van der Waals surface area (Å²) in [6.45, 7) is 3.54. The van der Waals surface area contributed by atoms with Crippen molar-refractivity contribution in [3.8, 4) is 0 Å². The Balaban J connectivity index is 3.94. The van der Waals surface area contributed by atoms with Crippen LogP contribution in [0.3, 0.4) is 0 Å². The molecule has 5 nitrogen and oxygen atoms in total. The lowest BCUT2D eigenvalue weighted by molar-refractivity contribution is -0.137. The van der Waals surface area contributed by atoms with E-state index in [4.69, 9.17) is 5.11 Å². The Morgan fingerprint density at radius 2 is 1.89 bits per heavy atom. The van der Waals surface area contributed by atoms with Crippen LogP contribution in [0.4, 0.5) is 13.6 Å². The molecule has 0 aromatic carbocycles. The highest BCUT2D eigenvalue weighted by Gasteiger charge is 2.20. The summed E-state index contributed by atoms with van der Waals surface area (Å²) in [6.07, 6.45) is -1.38. The summed E-state index contributed by atoms with van der Waals surface area (Å²) < 4.78 is 24.1. The minimum atomic E-state index is -2.55. The van der Waals surface area contributed by atoms with Gasteiger partial charge >= 0.3 is 12.0 Å². The summed E-state index contributed by atoms with van der Waals surface area (Å²) in [5.74, 6) is -0.853. The van der Waals surface area contributed by atoms with E-state index in [0.717, 1.165) is 4.90 Å². The van der Waals surface area contributed by atoms with Crippen LogP contribution in [0.15, 0.2) is 0 Å². The molecule has 0 spiro atoms. The van der Waals surface area contributed by atoms with Crippen molar-refractivity contribution in [2.75, 3.05) is 20.1 Å². The number of carbonyl (C=O) groups excluding carboxylic acids is 1. The second kappa shape index (κ2) is 7.91. The van der Waals surface area contributed by atoms with Crippen LogP contribution in [0.1, 0.15) is 33.1 Å². The van der Waals surface area contributed by atoms with E-state index in [1.807, 2.05) is 13.8 Å². The van der Waals surface area contributed by atoms with Crippen LogP contribution in [0.25, 0.3) is 0 Å². The molecule has 0 aliphatic rings. The number of hydrogen-bond acceptors (Lipinski definition) is 2. The fourth-order valence-corrected chi connectivity index (χ4v) is 1.50. The molecule has 0 aromatic heterocycles. The molecule has 7 heteroatoms. The summed E-state index contributed by atoms with van der Waals surface area (Å²) in [5, 5.41) is 11.1. The van der Waals surface area contributed by atoms with Gasteiger partial charge in [0.25, 0.3) is 6.43 Å². The third-order valence-corrected chi connectivity index (χ3v) is 2.85. The third-order valence-electron chi connectivity index (χ3n) is 2.85. The molecule has 0 fully saturated rings. The monoisotopic (exact) mass is 280 g/mol. The highest BCUT2D eigenvalue weighted by Crippen LogP contribution is 2.25. The van der Waals surface area contributed by atoms with Gasteiger partial charge in [-0.25, -0.2) is 13.6 Å². The van der Waals surface area contributed by atoms with E-state index < -0.39 is 25.0 Å². The Kier molecular flexibility index (Phi) is 7.33. The number of halogens is 2. The minimum Gasteiger partial charge on any atom is -0.481 e. The van der Waals surface area contributed by atoms with Crippen LogP contribution in [-0.2, 0) is 4.79 Å². The SMILES string of the molecule is CN(CC(F)F)C(=O)NCCC(C)(C)CCC(=O)O. The minimum absolute atomic E-state index is 0.0756. The summed E-state index contributed by atoms with van der Waals surface area (Å²) >= 11 is 0. The van der Waals surface area contributed by atoms with Crippen molar-refractivity contribution in [3.63, 3.8) is 0 Å². The van der Waals surface area contributed by atoms with E-state index in [1.54, 1.807) is 0 Å². The van der Waals surface area contributed by atoms with Gasteiger partial charge in [0.05, 0.1) is 6.54 Å². The molecule has 2 amide bonds. The first-order valence-corrected chi connectivity index (χ1v) is 6.13. The van der Waals surface area contributed by atoms with E-state index in [0.29, 0.717) is 19.4 Å². The Morgan fingerprint density at radius 1 is 1.32 bits per heavy atom. The van der Waals surface area contributed by atoms with Gasteiger partial charge < -0.3 is 15.3 Å². The first-order chi connectivity index (χ1) is 8.64. The van der Waals surface area contributed by atoms with Gasteiger partial charge in [0.15, 0.2) is 0 Å². The molecule has 0 saturated heterocycles. The van der Waals surface area contributed by atoms with Crippen molar-refractivity contribution in [1.82, 2.24) is 10.2 Å².